The lowest BCUT2D eigenvalue weighted by molar-refractivity contribution is -0.122. The first-order chi connectivity index (χ1) is 23.2. The highest BCUT2D eigenvalue weighted by atomic mass is 32.2. The number of esters is 1. The minimum Gasteiger partial charge on any atom is -0.462 e. The predicted octanol–water partition coefficient (Wildman–Crippen LogP) is 5.68. The molecule has 1 N–H and O–H groups in total. The van der Waals surface area contributed by atoms with Crippen LogP contribution in [-0.2, 0) is 25.7 Å². The fourth-order valence-electron chi connectivity index (χ4n) is 6.36. The molecular formula is C36H36N4O6S2. The van der Waals surface area contributed by atoms with Crippen molar-refractivity contribution in [2.75, 3.05) is 34.8 Å². The first kappa shape index (κ1) is 33.2. The van der Waals surface area contributed by atoms with Crippen LogP contribution < -0.4 is 20.0 Å². The molecule has 1 fully saturated rings. The summed E-state index contributed by atoms with van der Waals surface area (Å²) in [6, 6.07) is 21.5. The highest BCUT2D eigenvalue weighted by molar-refractivity contribution is 8.00. The summed E-state index contributed by atoms with van der Waals surface area (Å²) in [7, 11) is 0. The number of ether oxygens (including phenoxy) is 1. The lowest BCUT2D eigenvalue weighted by atomic mass is 9.83. The van der Waals surface area contributed by atoms with Crippen LogP contribution >= 0.6 is 23.1 Å². The minimum absolute atomic E-state index is 0.226. The number of thiazole rings is 1. The number of para-hydroxylation sites is 1. The van der Waals surface area contributed by atoms with E-state index in [-0.39, 0.29) is 29.8 Å². The van der Waals surface area contributed by atoms with Crippen LogP contribution in [0.4, 0.5) is 17.1 Å². The molecule has 3 aromatic carbocycles. The summed E-state index contributed by atoms with van der Waals surface area (Å²) < 4.78 is 6.50. The lowest BCUT2D eigenvalue weighted by Gasteiger charge is -2.31. The normalized spacial score (nSPS) is 18.3. The van der Waals surface area contributed by atoms with Gasteiger partial charge in [-0.3, -0.25) is 23.7 Å². The molecule has 6 rings (SSSR count). The molecule has 248 valence electrons. The molecule has 3 atom stereocenters. The number of nitrogens with one attached hydrogen (secondary N) is 1. The molecule has 0 saturated carbocycles. The maximum Gasteiger partial charge on any atom is 0.338 e. The summed E-state index contributed by atoms with van der Waals surface area (Å²) in [6.45, 7) is 9.42. The van der Waals surface area contributed by atoms with Crippen LogP contribution in [0, 0.1) is 12.8 Å². The largest absolute Gasteiger partial charge is 0.462 e. The number of benzene rings is 3. The van der Waals surface area contributed by atoms with Gasteiger partial charge in [0.05, 0.1) is 28.8 Å². The van der Waals surface area contributed by atoms with E-state index in [1.54, 1.807) is 25.1 Å². The van der Waals surface area contributed by atoms with Crippen LogP contribution in [0.3, 0.4) is 0 Å². The molecule has 12 heteroatoms. The summed E-state index contributed by atoms with van der Waals surface area (Å²) >= 11 is 2.18. The van der Waals surface area contributed by atoms with Crippen molar-refractivity contribution in [2.24, 2.45) is 5.92 Å². The smallest absolute Gasteiger partial charge is 0.338 e. The molecule has 4 aromatic rings. The number of aryl methyl sites for hydroxylation is 1. The fraction of sp³-hybridized carbons (Fsp3) is 0.306. The van der Waals surface area contributed by atoms with Gasteiger partial charge in [0.25, 0.3) is 0 Å². The Hall–Kier alpha value is -4.68. The van der Waals surface area contributed by atoms with Crippen molar-refractivity contribution in [3.63, 3.8) is 0 Å². The van der Waals surface area contributed by atoms with Crippen LogP contribution in [0.25, 0.3) is 0 Å². The third kappa shape index (κ3) is 6.06. The van der Waals surface area contributed by atoms with E-state index in [9.17, 15) is 24.0 Å². The second-order valence-electron chi connectivity index (χ2n) is 11.6. The van der Waals surface area contributed by atoms with E-state index in [2.05, 4.69) is 24.1 Å². The molecule has 3 heterocycles. The SMILES string of the molecule is CCOC(=O)c1ccc(N2C(=O)C3Sc4c(sc(=O)n4CC(=O)Nc4ccccc4C)[C@H](c4ccc(N(CC)CC)cc4)C3C2=O)cc1. The minimum atomic E-state index is -0.832. The number of hydrogen-bond acceptors (Lipinski definition) is 9. The number of amides is 3. The zero-order valence-corrected chi connectivity index (χ0v) is 28.7. The van der Waals surface area contributed by atoms with E-state index in [0.717, 1.165) is 53.0 Å². The van der Waals surface area contributed by atoms with Crippen LogP contribution in [-0.4, -0.2) is 53.2 Å². The quantitative estimate of drug-likeness (QED) is 0.168. The number of anilines is 3. The van der Waals surface area contributed by atoms with Crippen molar-refractivity contribution in [1.29, 1.82) is 0 Å². The maximum atomic E-state index is 14.3. The van der Waals surface area contributed by atoms with Gasteiger partial charge in [0.1, 0.15) is 11.8 Å². The van der Waals surface area contributed by atoms with E-state index < -0.39 is 29.0 Å². The number of aromatic nitrogens is 1. The van der Waals surface area contributed by atoms with Crippen LogP contribution in [0.5, 0.6) is 0 Å². The Bertz CT molecular complexity index is 1930. The van der Waals surface area contributed by atoms with Crippen molar-refractivity contribution < 1.29 is 23.9 Å². The Kier molecular flexibility index (Phi) is 9.56. The third-order valence-corrected chi connectivity index (χ3v) is 11.4. The average Bonchev–Trinajstić information content (AvgIpc) is 3.53. The molecule has 2 aliphatic heterocycles. The number of nitrogens with zero attached hydrogens (tertiary/aromatic N) is 3. The van der Waals surface area contributed by atoms with E-state index in [1.807, 2.05) is 49.4 Å². The summed E-state index contributed by atoms with van der Waals surface area (Å²) in [4.78, 5) is 71.1. The zero-order valence-electron chi connectivity index (χ0n) is 27.1. The van der Waals surface area contributed by atoms with Crippen molar-refractivity contribution in [1.82, 2.24) is 4.57 Å². The number of imide groups is 1. The third-order valence-electron chi connectivity index (χ3n) is 8.79. The molecule has 0 radical (unpaired) electrons. The summed E-state index contributed by atoms with van der Waals surface area (Å²) in [5.41, 5.74) is 4.04. The molecule has 0 spiro atoms. The molecule has 1 saturated heterocycles. The lowest BCUT2D eigenvalue weighted by Crippen LogP contribution is -2.33. The number of rotatable bonds is 10. The Morgan fingerprint density at radius 3 is 2.23 bits per heavy atom. The number of carbonyl (C=O) groups excluding carboxylic acids is 4. The van der Waals surface area contributed by atoms with Crippen molar-refractivity contribution in [2.45, 2.75) is 50.4 Å². The predicted molar refractivity (Wildman–Crippen MR) is 188 cm³/mol. The van der Waals surface area contributed by atoms with Crippen LogP contribution in [0.2, 0.25) is 0 Å². The molecule has 48 heavy (non-hydrogen) atoms. The van der Waals surface area contributed by atoms with E-state index >= 15 is 0 Å². The number of thioether (sulfide) groups is 1. The van der Waals surface area contributed by atoms with Crippen molar-refractivity contribution in [3.05, 3.63) is 104 Å². The van der Waals surface area contributed by atoms with E-state index in [0.29, 0.717) is 26.8 Å². The molecule has 2 aliphatic rings. The fourth-order valence-corrected chi connectivity index (χ4v) is 9.13. The van der Waals surface area contributed by atoms with Gasteiger partial charge >= 0.3 is 10.8 Å². The highest BCUT2D eigenvalue weighted by Crippen LogP contribution is 2.54. The average molecular weight is 685 g/mol. The van der Waals surface area contributed by atoms with Gasteiger partial charge in [0, 0.05) is 35.3 Å². The molecule has 2 unspecified atom stereocenters. The van der Waals surface area contributed by atoms with Gasteiger partial charge in [-0.05, 0) is 81.3 Å². The van der Waals surface area contributed by atoms with Gasteiger partial charge in [-0.1, -0.05) is 53.4 Å². The topological polar surface area (TPSA) is 118 Å². The Morgan fingerprint density at radius 1 is 0.896 bits per heavy atom. The second kappa shape index (κ2) is 13.8. The van der Waals surface area contributed by atoms with Gasteiger partial charge in [-0.25, -0.2) is 9.69 Å². The summed E-state index contributed by atoms with van der Waals surface area (Å²) in [6.07, 6.45) is 0. The first-order valence-electron chi connectivity index (χ1n) is 15.9. The maximum absolute atomic E-state index is 14.3. The molecule has 0 bridgehead atoms. The van der Waals surface area contributed by atoms with Crippen molar-refractivity contribution >= 4 is 63.9 Å². The molecule has 1 aromatic heterocycles. The number of carbonyl (C=O) groups is 4. The molecule has 0 aliphatic carbocycles. The monoisotopic (exact) mass is 684 g/mol. The van der Waals surface area contributed by atoms with Gasteiger partial charge in [-0.15, -0.1) is 0 Å². The first-order valence-corrected chi connectivity index (χ1v) is 17.6. The Balaban J connectivity index is 1.39. The van der Waals surface area contributed by atoms with Crippen LogP contribution in [0.1, 0.15) is 53.1 Å². The molecule has 3 amide bonds. The second-order valence-corrected chi connectivity index (χ2v) is 13.7. The highest BCUT2D eigenvalue weighted by Gasteiger charge is 2.56. The van der Waals surface area contributed by atoms with Crippen molar-refractivity contribution in [3.8, 4) is 0 Å². The standard InChI is InChI=1S/C36H36N4O6S2/c1-5-38(6-2)24-16-12-22(13-17-24)28-29-30(33(43)40(32(29)42)25-18-14-23(15-19-25)35(44)46-7-3)47-34-31(28)48-36(45)39(34)20-27(41)37-26-11-9-8-10-21(26)4/h8-19,28-30H,5-7,20H2,1-4H3,(H,37,41)/t28-,29?,30?/m1/s1. The van der Waals surface area contributed by atoms with Gasteiger partial charge in [0.2, 0.25) is 17.7 Å². The number of fused-ring (bicyclic) bond motifs is 2. The van der Waals surface area contributed by atoms with Gasteiger partial charge in [-0.2, -0.15) is 0 Å². The Labute approximate surface area is 286 Å². The van der Waals surface area contributed by atoms with Gasteiger partial charge < -0.3 is 15.0 Å². The zero-order chi connectivity index (χ0) is 34.1. The van der Waals surface area contributed by atoms with E-state index in [1.165, 1.54) is 21.6 Å². The molecular weight excluding hydrogens is 649 g/mol. The number of hydrogen-bond donors (Lipinski definition) is 1. The van der Waals surface area contributed by atoms with E-state index in [4.69, 9.17) is 4.74 Å². The summed E-state index contributed by atoms with van der Waals surface area (Å²) in [5, 5.41) is 2.58. The summed E-state index contributed by atoms with van der Waals surface area (Å²) in [5.74, 6) is -3.03. The molecule has 10 nitrogen and oxygen atoms in total. The Morgan fingerprint density at radius 2 is 1.58 bits per heavy atom. The van der Waals surface area contributed by atoms with Gasteiger partial charge in [0.15, 0.2) is 0 Å². The van der Waals surface area contributed by atoms with Crippen LogP contribution in [0.15, 0.2) is 82.6 Å².